The van der Waals surface area contributed by atoms with Crippen molar-refractivity contribution in [3.05, 3.63) is 93.4 Å². The lowest BCUT2D eigenvalue weighted by Crippen LogP contribution is -2.34. The van der Waals surface area contributed by atoms with Crippen molar-refractivity contribution in [2.24, 2.45) is 7.05 Å². The van der Waals surface area contributed by atoms with E-state index in [-0.39, 0.29) is 17.0 Å². The van der Waals surface area contributed by atoms with Crippen LogP contribution in [-0.4, -0.2) is 25.0 Å². The highest BCUT2D eigenvalue weighted by Gasteiger charge is 2.16. The third-order valence-corrected chi connectivity index (χ3v) is 5.30. The highest BCUT2D eigenvalue weighted by molar-refractivity contribution is 5.95. The number of imidazole rings is 1. The first-order valence-electron chi connectivity index (χ1n) is 9.73. The number of nitrogens with one attached hydrogen (secondary N) is 1. The lowest BCUT2D eigenvalue weighted by atomic mass is 10.1. The van der Waals surface area contributed by atoms with Gasteiger partial charge in [0.2, 0.25) is 0 Å². The van der Waals surface area contributed by atoms with Crippen LogP contribution < -0.4 is 10.9 Å². The Labute approximate surface area is 174 Å². The Kier molecular flexibility index (Phi) is 5.18. The van der Waals surface area contributed by atoms with E-state index in [9.17, 15) is 9.59 Å². The molecule has 1 N–H and O–H groups in total. The van der Waals surface area contributed by atoms with Crippen molar-refractivity contribution in [3.8, 4) is 0 Å². The zero-order valence-corrected chi connectivity index (χ0v) is 17.2. The van der Waals surface area contributed by atoms with Gasteiger partial charge in [-0.05, 0) is 54.8 Å². The van der Waals surface area contributed by atoms with Crippen molar-refractivity contribution >= 4 is 16.9 Å². The van der Waals surface area contributed by atoms with E-state index in [1.54, 1.807) is 31.6 Å². The number of benzene rings is 1. The van der Waals surface area contributed by atoms with Gasteiger partial charge < -0.3 is 14.5 Å². The van der Waals surface area contributed by atoms with E-state index in [1.165, 1.54) is 4.57 Å². The van der Waals surface area contributed by atoms with Gasteiger partial charge in [-0.1, -0.05) is 12.1 Å². The molecule has 7 heteroatoms. The number of carbonyl (C=O) groups is 1. The van der Waals surface area contributed by atoms with Crippen molar-refractivity contribution < 1.29 is 4.79 Å². The minimum atomic E-state index is -0.379. The number of aryl methyl sites for hydroxylation is 3. The normalized spacial score (nSPS) is 11.0. The Morgan fingerprint density at radius 2 is 1.97 bits per heavy atom. The van der Waals surface area contributed by atoms with E-state index in [0.717, 1.165) is 28.0 Å². The van der Waals surface area contributed by atoms with Gasteiger partial charge in [0.05, 0.1) is 17.6 Å². The smallest absolute Gasteiger partial charge is 0.263 e. The van der Waals surface area contributed by atoms with Crippen LogP contribution in [-0.2, 0) is 20.1 Å². The minimum absolute atomic E-state index is 0.163. The van der Waals surface area contributed by atoms with Gasteiger partial charge in [-0.2, -0.15) is 0 Å². The lowest BCUT2D eigenvalue weighted by Gasteiger charge is -2.11. The predicted octanol–water partition coefficient (Wildman–Crippen LogP) is 2.73. The Balaban J connectivity index is 1.54. The van der Waals surface area contributed by atoms with Gasteiger partial charge in [0.25, 0.3) is 11.5 Å². The molecule has 3 heterocycles. The van der Waals surface area contributed by atoms with Gasteiger partial charge in [-0.3, -0.25) is 14.6 Å². The summed E-state index contributed by atoms with van der Waals surface area (Å²) in [5.74, 6) is 0.551. The summed E-state index contributed by atoms with van der Waals surface area (Å²) in [6.45, 7) is 4.41. The Morgan fingerprint density at radius 1 is 1.13 bits per heavy atom. The van der Waals surface area contributed by atoms with Crippen molar-refractivity contribution in [1.29, 1.82) is 0 Å². The van der Waals surface area contributed by atoms with Crippen LogP contribution in [0.4, 0.5) is 0 Å². The fraction of sp³-hybridized carbons (Fsp3) is 0.217. The van der Waals surface area contributed by atoms with Crippen molar-refractivity contribution in [3.63, 3.8) is 0 Å². The quantitative estimate of drug-likeness (QED) is 0.558. The van der Waals surface area contributed by atoms with Gasteiger partial charge in [-0.25, -0.2) is 4.98 Å². The molecule has 0 atom stereocenters. The number of aromatic nitrogens is 4. The zero-order chi connectivity index (χ0) is 21.3. The third-order valence-electron chi connectivity index (χ3n) is 5.30. The maximum absolute atomic E-state index is 12.9. The van der Waals surface area contributed by atoms with E-state index < -0.39 is 0 Å². The predicted molar refractivity (Wildman–Crippen MR) is 115 cm³/mol. The SMILES string of the molecule is Cc1ccn(Cc2cccnc2)c(=O)c1C(=O)NCc1ccc2c(c1)nc(C)n2C. The van der Waals surface area contributed by atoms with Crippen LogP contribution in [0.25, 0.3) is 11.0 Å². The van der Waals surface area contributed by atoms with Crippen molar-refractivity contribution in [2.45, 2.75) is 26.9 Å². The summed E-state index contributed by atoms with van der Waals surface area (Å²) >= 11 is 0. The number of fused-ring (bicyclic) bond motifs is 1. The molecule has 7 nitrogen and oxygen atoms in total. The first-order valence-corrected chi connectivity index (χ1v) is 9.73. The number of hydrogen-bond donors (Lipinski definition) is 1. The number of rotatable bonds is 5. The standard InChI is InChI=1S/C23H23N5O2/c1-15-8-10-28(14-18-5-4-9-24-12-18)23(30)21(15)22(29)25-13-17-6-7-20-19(11-17)26-16(2)27(20)3/h4-12H,13-14H2,1-3H3,(H,25,29). The molecule has 0 fully saturated rings. The molecule has 1 amide bonds. The summed E-state index contributed by atoms with van der Waals surface area (Å²) in [5, 5.41) is 2.87. The molecule has 0 saturated carbocycles. The second-order valence-electron chi connectivity index (χ2n) is 7.39. The van der Waals surface area contributed by atoms with Crippen LogP contribution >= 0.6 is 0 Å². The monoisotopic (exact) mass is 401 g/mol. The van der Waals surface area contributed by atoms with E-state index in [0.29, 0.717) is 18.7 Å². The average molecular weight is 401 g/mol. The molecule has 0 unspecified atom stereocenters. The van der Waals surface area contributed by atoms with E-state index >= 15 is 0 Å². The lowest BCUT2D eigenvalue weighted by molar-refractivity contribution is 0.0948. The summed E-state index contributed by atoms with van der Waals surface area (Å²) < 4.78 is 3.55. The summed E-state index contributed by atoms with van der Waals surface area (Å²) in [6.07, 6.45) is 5.10. The second kappa shape index (κ2) is 7.94. The van der Waals surface area contributed by atoms with Crippen molar-refractivity contribution in [2.75, 3.05) is 0 Å². The first kappa shape index (κ1) is 19.6. The van der Waals surface area contributed by atoms with Crippen LogP contribution in [0, 0.1) is 13.8 Å². The maximum Gasteiger partial charge on any atom is 0.263 e. The van der Waals surface area contributed by atoms with Crippen LogP contribution in [0.5, 0.6) is 0 Å². The molecule has 0 radical (unpaired) electrons. The molecule has 30 heavy (non-hydrogen) atoms. The van der Waals surface area contributed by atoms with Crippen LogP contribution in [0.2, 0.25) is 0 Å². The molecule has 1 aromatic carbocycles. The molecular formula is C23H23N5O2. The fourth-order valence-corrected chi connectivity index (χ4v) is 3.50. The Bertz CT molecular complexity index is 1290. The number of carbonyl (C=O) groups excluding carboxylic acids is 1. The van der Waals surface area contributed by atoms with E-state index in [1.807, 2.05) is 48.9 Å². The van der Waals surface area contributed by atoms with Gasteiger partial charge in [0.1, 0.15) is 11.4 Å². The summed E-state index contributed by atoms with van der Waals surface area (Å²) in [4.78, 5) is 34.4. The molecule has 0 aliphatic rings. The van der Waals surface area contributed by atoms with Gasteiger partial charge in [0.15, 0.2) is 0 Å². The Morgan fingerprint density at radius 3 is 2.73 bits per heavy atom. The number of pyridine rings is 2. The molecule has 0 saturated heterocycles. The van der Waals surface area contributed by atoms with Crippen molar-refractivity contribution in [1.82, 2.24) is 24.4 Å². The van der Waals surface area contributed by atoms with Crippen LogP contribution in [0.15, 0.2) is 59.8 Å². The van der Waals surface area contributed by atoms with Gasteiger partial charge in [0, 0.05) is 32.2 Å². The van der Waals surface area contributed by atoms with Gasteiger partial charge in [-0.15, -0.1) is 0 Å². The molecule has 0 aliphatic carbocycles. The fourth-order valence-electron chi connectivity index (χ4n) is 3.50. The Hall–Kier alpha value is -3.74. The van der Waals surface area contributed by atoms with E-state index in [4.69, 9.17) is 0 Å². The largest absolute Gasteiger partial charge is 0.348 e. The van der Waals surface area contributed by atoms with E-state index in [2.05, 4.69) is 15.3 Å². The molecule has 0 bridgehead atoms. The first-order chi connectivity index (χ1) is 14.4. The average Bonchev–Trinajstić information content (AvgIpc) is 3.02. The molecule has 152 valence electrons. The number of amides is 1. The summed E-state index contributed by atoms with van der Waals surface area (Å²) in [7, 11) is 1.97. The topological polar surface area (TPSA) is 81.8 Å². The molecule has 3 aromatic heterocycles. The summed E-state index contributed by atoms with van der Waals surface area (Å²) in [5.41, 5.74) is 4.25. The molecule has 4 aromatic rings. The number of nitrogens with zero attached hydrogens (tertiary/aromatic N) is 4. The summed E-state index contributed by atoms with van der Waals surface area (Å²) in [6, 6.07) is 11.4. The molecule has 0 spiro atoms. The maximum atomic E-state index is 12.9. The molecular weight excluding hydrogens is 378 g/mol. The highest BCUT2D eigenvalue weighted by Crippen LogP contribution is 2.16. The molecule has 0 aliphatic heterocycles. The van der Waals surface area contributed by atoms with Crippen LogP contribution in [0.1, 0.15) is 32.9 Å². The zero-order valence-electron chi connectivity index (χ0n) is 17.2. The van der Waals surface area contributed by atoms with Crippen LogP contribution in [0.3, 0.4) is 0 Å². The third kappa shape index (κ3) is 3.74. The van der Waals surface area contributed by atoms with Gasteiger partial charge >= 0.3 is 0 Å². The number of hydrogen-bond acceptors (Lipinski definition) is 4. The highest BCUT2D eigenvalue weighted by atomic mass is 16.2. The second-order valence-corrected chi connectivity index (χ2v) is 7.39. The minimum Gasteiger partial charge on any atom is -0.348 e. The molecule has 4 rings (SSSR count).